The molecule has 0 aromatic rings. The molecule has 3 nitrogen and oxygen atoms in total. The highest BCUT2D eigenvalue weighted by atomic mass is 16.2. The van der Waals surface area contributed by atoms with Crippen LogP contribution in [-0.4, -0.2) is 24.0 Å². The quantitative estimate of drug-likeness (QED) is 0.821. The van der Waals surface area contributed by atoms with Crippen molar-refractivity contribution >= 4 is 5.91 Å². The standard InChI is InChI=1S/C16H30N2O/c1-11-8-9-15(12(2)10-11)17-13(3)16(19)18-14-6-4-5-7-14/h11-15,17H,4-10H2,1-3H3,(H,18,19). The van der Waals surface area contributed by atoms with Gasteiger partial charge >= 0.3 is 0 Å². The minimum absolute atomic E-state index is 0.0542. The van der Waals surface area contributed by atoms with E-state index in [4.69, 9.17) is 0 Å². The Morgan fingerprint density at radius 2 is 1.79 bits per heavy atom. The maximum atomic E-state index is 12.2. The van der Waals surface area contributed by atoms with E-state index in [0.717, 1.165) is 18.8 Å². The molecule has 2 rings (SSSR count). The smallest absolute Gasteiger partial charge is 0.237 e. The number of amides is 1. The van der Waals surface area contributed by atoms with Crippen LogP contribution in [0.25, 0.3) is 0 Å². The fourth-order valence-corrected chi connectivity index (χ4v) is 3.71. The molecule has 3 heteroatoms. The molecule has 4 unspecified atom stereocenters. The zero-order chi connectivity index (χ0) is 13.8. The molecule has 0 saturated heterocycles. The lowest BCUT2D eigenvalue weighted by atomic mass is 9.79. The highest BCUT2D eigenvalue weighted by molar-refractivity contribution is 5.81. The van der Waals surface area contributed by atoms with E-state index in [1.165, 1.54) is 32.1 Å². The third-order valence-electron chi connectivity index (χ3n) is 4.99. The fraction of sp³-hybridized carbons (Fsp3) is 0.938. The molecule has 110 valence electrons. The highest BCUT2D eigenvalue weighted by Gasteiger charge is 2.28. The summed E-state index contributed by atoms with van der Waals surface area (Å²) in [6, 6.07) is 0.891. The van der Waals surface area contributed by atoms with Gasteiger partial charge in [0.05, 0.1) is 6.04 Å². The molecule has 2 aliphatic carbocycles. The van der Waals surface area contributed by atoms with Crippen LogP contribution in [0.3, 0.4) is 0 Å². The molecule has 0 aromatic carbocycles. The maximum Gasteiger partial charge on any atom is 0.237 e. The first-order valence-corrected chi connectivity index (χ1v) is 8.12. The van der Waals surface area contributed by atoms with Crippen LogP contribution in [0.15, 0.2) is 0 Å². The summed E-state index contributed by atoms with van der Waals surface area (Å²) in [5.41, 5.74) is 0. The summed E-state index contributed by atoms with van der Waals surface area (Å²) in [6.45, 7) is 6.66. The molecule has 0 bridgehead atoms. The van der Waals surface area contributed by atoms with Crippen molar-refractivity contribution in [3.05, 3.63) is 0 Å². The van der Waals surface area contributed by atoms with Gasteiger partial charge in [-0.15, -0.1) is 0 Å². The highest BCUT2D eigenvalue weighted by Crippen LogP contribution is 2.28. The first kappa shape index (κ1) is 14.8. The van der Waals surface area contributed by atoms with E-state index in [0.29, 0.717) is 18.0 Å². The zero-order valence-electron chi connectivity index (χ0n) is 12.7. The molecule has 4 atom stereocenters. The van der Waals surface area contributed by atoms with Crippen molar-refractivity contribution < 1.29 is 4.79 Å². The predicted octanol–water partition coefficient (Wildman–Crippen LogP) is 2.85. The second-order valence-corrected chi connectivity index (χ2v) is 6.88. The van der Waals surface area contributed by atoms with Crippen molar-refractivity contribution in [1.29, 1.82) is 0 Å². The van der Waals surface area contributed by atoms with E-state index in [2.05, 4.69) is 24.5 Å². The molecule has 2 aliphatic rings. The summed E-state index contributed by atoms with van der Waals surface area (Å²) in [7, 11) is 0. The first-order chi connectivity index (χ1) is 9.06. The Morgan fingerprint density at radius 1 is 1.11 bits per heavy atom. The van der Waals surface area contributed by atoms with Gasteiger partial charge in [-0.25, -0.2) is 0 Å². The van der Waals surface area contributed by atoms with Crippen molar-refractivity contribution in [1.82, 2.24) is 10.6 Å². The lowest BCUT2D eigenvalue weighted by Gasteiger charge is -2.35. The summed E-state index contributed by atoms with van der Waals surface area (Å²) in [6.07, 6.45) is 8.65. The topological polar surface area (TPSA) is 41.1 Å². The Bertz CT molecular complexity index is 299. The molecule has 19 heavy (non-hydrogen) atoms. The van der Waals surface area contributed by atoms with Crippen LogP contribution in [0.2, 0.25) is 0 Å². The Morgan fingerprint density at radius 3 is 2.42 bits per heavy atom. The zero-order valence-corrected chi connectivity index (χ0v) is 12.7. The number of hydrogen-bond acceptors (Lipinski definition) is 2. The Labute approximate surface area is 117 Å². The number of hydrogen-bond donors (Lipinski definition) is 2. The van der Waals surface area contributed by atoms with E-state index >= 15 is 0 Å². The average molecular weight is 266 g/mol. The van der Waals surface area contributed by atoms with Gasteiger partial charge in [0.15, 0.2) is 0 Å². The van der Waals surface area contributed by atoms with Crippen LogP contribution >= 0.6 is 0 Å². The largest absolute Gasteiger partial charge is 0.352 e. The van der Waals surface area contributed by atoms with E-state index in [-0.39, 0.29) is 11.9 Å². The van der Waals surface area contributed by atoms with Crippen LogP contribution in [0, 0.1) is 11.8 Å². The van der Waals surface area contributed by atoms with Gasteiger partial charge in [0.1, 0.15) is 0 Å². The number of carbonyl (C=O) groups is 1. The third-order valence-corrected chi connectivity index (χ3v) is 4.99. The summed E-state index contributed by atoms with van der Waals surface area (Å²) >= 11 is 0. The molecule has 2 N–H and O–H groups in total. The van der Waals surface area contributed by atoms with E-state index in [1.54, 1.807) is 0 Å². The summed E-state index contributed by atoms with van der Waals surface area (Å²) < 4.78 is 0. The lowest BCUT2D eigenvalue weighted by Crippen LogP contribution is -2.51. The van der Waals surface area contributed by atoms with Gasteiger partial charge in [-0.1, -0.05) is 26.7 Å². The predicted molar refractivity (Wildman–Crippen MR) is 79.0 cm³/mol. The van der Waals surface area contributed by atoms with Crippen LogP contribution in [0.4, 0.5) is 0 Å². The summed E-state index contributed by atoms with van der Waals surface area (Å²) in [5.74, 6) is 1.72. The van der Waals surface area contributed by atoms with Crippen LogP contribution in [-0.2, 0) is 4.79 Å². The van der Waals surface area contributed by atoms with Crippen LogP contribution in [0.5, 0.6) is 0 Å². The summed E-state index contributed by atoms with van der Waals surface area (Å²) in [4.78, 5) is 12.2. The molecular formula is C16H30N2O. The molecule has 2 saturated carbocycles. The summed E-state index contributed by atoms with van der Waals surface area (Å²) in [5, 5.41) is 6.74. The van der Waals surface area contributed by atoms with Crippen molar-refractivity contribution in [2.45, 2.75) is 83.8 Å². The van der Waals surface area contributed by atoms with Crippen LogP contribution in [0.1, 0.15) is 65.7 Å². The number of carbonyl (C=O) groups excluding carboxylic acids is 1. The van der Waals surface area contributed by atoms with Crippen molar-refractivity contribution in [2.75, 3.05) is 0 Å². The average Bonchev–Trinajstić information content (AvgIpc) is 2.85. The Balaban J connectivity index is 1.76. The van der Waals surface area contributed by atoms with Gasteiger partial charge < -0.3 is 10.6 Å². The second kappa shape index (κ2) is 6.74. The van der Waals surface area contributed by atoms with E-state index in [9.17, 15) is 4.79 Å². The van der Waals surface area contributed by atoms with Crippen molar-refractivity contribution in [3.63, 3.8) is 0 Å². The molecule has 0 spiro atoms. The maximum absolute atomic E-state index is 12.2. The van der Waals surface area contributed by atoms with Gasteiger partial charge in [0.2, 0.25) is 5.91 Å². The Kier molecular flexibility index (Phi) is 5.26. The molecule has 2 fully saturated rings. The van der Waals surface area contributed by atoms with Crippen LogP contribution < -0.4 is 10.6 Å². The minimum Gasteiger partial charge on any atom is -0.352 e. The SMILES string of the molecule is CC1CCC(NC(C)C(=O)NC2CCCC2)C(C)C1. The first-order valence-electron chi connectivity index (χ1n) is 8.12. The van der Waals surface area contributed by atoms with Gasteiger partial charge in [0, 0.05) is 12.1 Å². The molecular weight excluding hydrogens is 236 g/mol. The van der Waals surface area contributed by atoms with Gasteiger partial charge in [-0.2, -0.15) is 0 Å². The van der Waals surface area contributed by atoms with Crippen molar-refractivity contribution in [3.8, 4) is 0 Å². The monoisotopic (exact) mass is 266 g/mol. The third kappa shape index (κ3) is 4.20. The van der Waals surface area contributed by atoms with Gasteiger partial charge in [-0.05, 0) is 50.9 Å². The van der Waals surface area contributed by atoms with Gasteiger partial charge in [0.25, 0.3) is 0 Å². The van der Waals surface area contributed by atoms with Crippen molar-refractivity contribution in [2.24, 2.45) is 11.8 Å². The lowest BCUT2D eigenvalue weighted by molar-refractivity contribution is -0.123. The molecule has 0 aromatic heterocycles. The fourth-order valence-electron chi connectivity index (χ4n) is 3.71. The second-order valence-electron chi connectivity index (χ2n) is 6.88. The Hall–Kier alpha value is -0.570. The van der Waals surface area contributed by atoms with E-state index < -0.39 is 0 Å². The van der Waals surface area contributed by atoms with E-state index in [1.807, 2.05) is 6.92 Å². The number of nitrogens with one attached hydrogen (secondary N) is 2. The molecule has 0 aliphatic heterocycles. The van der Waals surface area contributed by atoms with Gasteiger partial charge in [-0.3, -0.25) is 4.79 Å². The molecule has 1 amide bonds. The number of rotatable bonds is 4. The minimum atomic E-state index is -0.0542. The normalized spacial score (nSPS) is 34.2. The molecule has 0 radical (unpaired) electrons. The molecule has 0 heterocycles.